The van der Waals surface area contributed by atoms with E-state index in [9.17, 15) is 0 Å². The number of nitrogens with zero attached hydrogens (tertiary/aromatic N) is 1. The third kappa shape index (κ3) is 56.3. The van der Waals surface area contributed by atoms with E-state index < -0.39 is 5.54 Å². The van der Waals surface area contributed by atoms with Gasteiger partial charge in [-0.2, -0.15) is 0 Å². The van der Waals surface area contributed by atoms with Gasteiger partial charge in [0.25, 0.3) is 0 Å². The van der Waals surface area contributed by atoms with Crippen LogP contribution in [0.15, 0.2) is 36.5 Å². The molecule has 0 aromatic carbocycles. The predicted molar refractivity (Wildman–Crippen MR) is 320 cm³/mol. The van der Waals surface area contributed by atoms with E-state index >= 15 is 0 Å². The van der Waals surface area contributed by atoms with Crippen LogP contribution in [0.5, 0.6) is 0 Å². The molecule has 0 aromatic heterocycles. The first-order valence-corrected chi connectivity index (χ1v) is 31.8. The molecule has 0 aromatic rings. The summed E-state index contributed by atoms with van der Waals surface area (Å²) in [5, 5.41) is 7.86. The van der Waals surface area contributed by atoms with Crippen molar-refractivity contribution in [3.63, 3.8) is 0 Å². The van der Waals surface area contributed by atoms with Gasteiger partial charge in [0.1, 0.15) is 5.54 Å². The fourth-order valence-corrected chi connectivity index (χ4v) is 9.59. The molecule has 0 amide bonds. The zero-order valence-electron chi connectivity index (χ0n) is 48.6. The third-order valence-electron chi connectivity index (χ3n) is 14.0. The van der Waals surface area contributed by atoms with E-state index in [0.29, 0.717) is 24.9 Å². The van der Waals surface area contributed by atoms with E-state index in [1.165, 1.54) is 250 Å². The minimum Gasteiger partial charge on any atom is -0.379 e. The fourth-order valence-electron chi connectivity index (χ4n) is 9.27. The second kappa shape index (κ2) is 59.6. The Morgan fingerprint density at radius 3 is 0.887 bits per heavy atom. The molecule has 0 heterocycles. The second-order valence-corrected chi connectivity index (χ2v) is 22.2. The van der Waals surface area contributed by atoms with Crippen LogP contribution in [-0.2, 0) is 14.2 Å². The largest absolute Gasteiger partial charge is 0.379 e. The van der Waals surface area contributed by atoms with Crippen molar-refractivity contribution in [2.45, 2.75) is 302 Å². The first-order valence-electron chi connectivity index (χ1n) is 31.4. The summed E-state index contributed by atoms with van der Waals surface area (Å²) in [5.41, 5.74) is -0.528. The van der Waals surface area contributed by atoms with Gasteiger partial charge in [-0.15, -0.1) is 0 Å². The lowest BCUT2D eigenvalue weighted by Crippen LogP contribution is -2.60. The Hall–Kier alpha value is -1.25. The predicted octanol–water partition coefficient (Wildman–Crippen LogP) is 19.3. The highest BCUT2D eigenvalue weighted by Crippen LogP contribution is 2.16. The summed E-state index contributed by atoms with van der Waals surface area (Å²) in [6.45, 7) is 12.6. The molecule has 0 aliphatic carbocycles. The molecular formula is C64H125N3O3S. The zero-order chi connectivity index (χ0) is 51.5. The summed E-state index contributed by atoms with van der Waals surface area (Å²) in [5.74, 6) is 0. The van der Waals surface area contributed by atoms with Crippen LogP contribution in [0.3, 0.4) is 0 Å². The van der Waals surface area contributed by atoms with Crippen LogP contribution >= 0.6 is 12.2 Å². The third-order valence-corrected chi connectivity index (χ3v) is 14.2. The maximum absolute atomic E-state index is 6.52. The molecule has 0 aliphatic heterocycles. The highest BCUT2D eigenvalue weighted by molar-refractivity contribution is 7.80. The van der Waals surface area contributed by atoms with E-state index in [-0.39, 0.29) is 0 Å². The van der Waals surface area contributed by atoms with E-state index in [4.69, 9.17) is 26.4 Å². The molecule has 0 bridgehead atoms. The topological polar surface area (TPSA) is 55.0 Å². The summed E-state index contributed by atoms with van der Waals surface area (Å²) < 4.78 is 19.5. The van der Waals surface area contributed by atoms with Crippen LogP contribution < -0.4 is 10.6 Å². The van der Waals surface area contributed by atoms with Crippen LogP contribution in [-0.4, -0.2) is 82.4 Å². The first-order chi connectivity index (χ1) is 35.0. The lowest BCUT2D eigenvalue weighted by Gasteiger charge is -2.35. The Kier molecular flexibility index (Phi) is 58.6. The molecule has 6 nitrogen and oxygen atoms in total. The van der Waals surface area contributed by atoms with Crippen molar-refractivity contribution in [1.82, 2.24) is 15.5 Å². The summed E-state index contributed by atoms with van der Waals surface area (Å²) in [4.78, 5) is 2.22. The molecule has 0 saturated heterocycles. The zero-order valence-corrected chi connectivity index (χ0v) is 49.4. The highest BCUT2D eigenvalue weighted by atomic mass is 32.1. The summed E-state index contributed by atoms with van der Waals surface area (Å²) in [6, 6.07) is 0. The molecule has 0 fully saturated rings. The standard InChI is InChI=1S/C64H125N3O3S/c1-6-9-12-15-18-21-24-27-30-33-36-39-42-45-48-51-57-68-60-64(66-63(71)65-55-54-56-67(4)5,61-69-58-52-49-46-43-40-37-34-31-28-25-22-19-16-13-10-7-2)62-70-59-53-50-47-44-41-38-35-32-29-26-23-20-17-14-11-8-3/h27-32H,6-26,33-62H2,1-5H3,(H2,65,66,71)/b30-27-,31-28-,32-29-. The number of nitrogens with one attached hydrogen (secondary N) is 2. The number of rotatable bonds is 59. The monoisotopic (exact) mass is 1020 g/mol. The Bertz CT molecular complexity index is 1020. The average molecular weight is 1020 g/mol. The Labute approximate surface area is 450 Å². The van der Waals surface area contributed by atoms with Crippen LogP contribution in [0.1, 0.15) is 297 Å². The van der Waals surface area contributed by atoms with Gasteiger partial charge >= 0.3 is 0 Å². The summed E-state index contributed by atoms with van der Waals surface area (Å²) in [7, 11) is 4.25. The van der Waals surface area contributed by atoms with Crippen molar-refractivity contribution in [2.24, 2.45) is 0 Å². The minimum atomic E-state index is -0.528. The molecule has 0 radical (unpaired) electrons. The van der Waals surface area contributed by atoms with Gasteiger partial charge in [0.15, 0.2) is 5.11 Å². The smallest absolute Gasteiger partial charge is 0.166 e. The minimum absolute atomic E-state index is 0.526. The molecule has 2 N–H and O–H groups in total. The number of allylic oxidation sites excluding steroid dienone is 6. The van der Waals surface area contributed by atoms with Crippen molar-refractivity contribution in [3.8, 4) is 0 Å². The van der Waals surface area contributed by atoms with Crippen LogP contribution in [0, 0.1) is 0 Å². The molecule has 0 aliphatic rings. The maximum atomic E-state index is 6.52. The van der Waals surface area contributed by atoms with Gasteiger partial charge in [0, 0.05) is 26.4 Å². The second-order valence-electron chi connectivity index (χ2n) is 21.8. The van der Waals surface area contributed by atoms with Gasteiger partial charge in [0.2, 0.25) is 0 Å². The lowest BCUT2D eigenvalue weighted by molar-refractivity contribution is -0.0335. The fraction of sp³-hybridized carbons (Fsp3) is 0.891. The number of ether oxygens (including phenoxy) is 3. The molecule has 7 heteroatoms. The number of hydrogen-bond acceptors (Lipinski definition) is 5. The van der Waals surface area contributed by atoms with Crippen molar-refractivity contribution in [3.05, 3.63) is 36.5 Å². The quantitative estimate of drug-likeness (QED) is 0.0358. The van der Waals surface area contributed by atoms with E-state index in [2.05, 4.69) is 86.9 Å². The van der Waals surface area contributed by atoms with Crippen molar-refractivity contribution in [2.75, 3.05) is 66.8 Å². The van der Waals surface area contributed by atoms with Gasteiger partial charge in [-0.3, -0.25) is 0 Å². The SMILES string of the molecule is CCCCCCCC/C=C\CCCCCCCCOCC(COCCCCCCCC/C=C\CCCCCCCC)(COCCCCCCCC/C=C\CCCCCCCC)NC(=S)NCCCN(C)C. The molecule has 0 atom stereocenters. The summed E-state index contributed by atoms with van der Waals surface area (Å²) >= 11 is 5.94. The molecule has 0 unspecified atom stereocenters. The molecule has 0 rings (SSSR count). The van der Waals surface area contributed by atoms with Crippen LogP contribution in [0.2, 0.25) is 0 Å². The number of thiocarbonyl (C=S) groups is 1. The van der Waals surface area contributed by atoms with Gasteiger partial charge in [0.05, 0.1) is 19.8 Å². The van der Waals surface area contributed by atoms with Crippen molar-refractivity contribution in [1.29, 1.82) is 0 Å². The first kappa shape index (κ1) is 69.8. The van der Waals surface area contributed by atoms with Gasteiger partial charge < -0.3 is 29.7 Å². The van der Waals surface area contributed by atoms with Gasteiger partial charge in [-0.25, -0.2) is 0 Å². The maximum Gasteiger partial charge on any atom is 0.166 e. The van der Waals surface area contributed by atoms with E-state index in [0.717, 1.165) is 58.6 Å². The van der Waals surface area contributed by atoms with Crippen LogP contribution in [0.4, 0.5) is 0 Å². The number of hydrogen-bond donors (Lipinski definition) is 2. The molecule has 71 heavy (non-hydrogen) atoms. The van der Waals surface area contributed by atoms with E-state index in [1.54, 1.807) is 0 Å². The highest BCUT2D eigenvalue weighted by Gasteiger charge is 2.33. The lowest BCUT2D eigenvalue weighted by atomic mass is 10.0. The van der Waals surface area contributed by atoms with Gasteiger partial charge in [-0.05, 0) is 136 Å². The molecule has 0 spiro atoms. The average Bonchev–Trinajstić information content (AvgIpc) is 3.36. The Morgan fingerprint density at radius 1 is 0.366 bits per heavy atom. The van der Waals surface area contributed by atoms with Crippen molar-refractivity contribution < 1.29 is 14.2 Å². The Morgan fingerprint density at radius 2 is 0.620 bits per heavy atom. The molecular weight excluding hydrogens is 891 g/mol. The van der Waals surface area contributed by atoms with Crippen LogP contribution in [0.25, 0.3) is 0 Å². The Balaban J connectivity index is 4.94. The normalized spacial score (nSPS) is 12.3. The molecule has 0 saturated carbocycles. The molecule has 420 valence electrons. The van der Waals surface area contributed by atoms with Gasteiger partial charge in [-0.1, -0.05) is 231 Å². The van der Waals surface area contributed by atoms with Crippen molar-refractivity contribution >= 4 is 17.3 Å². The number of unbranched alkanes of at least 4 members (excludes halogenated alkanes) is 36. The summed E-state index contributed by atoms with van der Waals surface area (Å²) in [6.07, 6.45) is 70.7. The van der Waals surface area contributed by atoms with E-state index in [1.807, 2.05) is 0 Å².